The van der Waals surface area contributed by atoms with Gasteiger partial charge in [-0.3, -0.25) is 9.78 Å². The molecule has 1 unspecified atom stereocenters. The highest BCUT2D eigenvalue weighted by atomic mass is 16.5. The summed E-state index contributed by atoms with van der Waals surface area (Å²) in [4.78, 5) is 16.5. The highest BCUT2D eigenvalue weighted by molar-refractivity contribution is 6.03. The second kappa shape index (κ2) is 6.80. The number of hydrogen-bond donors (Lipinski definition) is 1. The lowest BCUT2D eigenvalue weighted by Crippen LogP contribution is -2.30. The van der Waals surface area contributed by atoms with Gasteiger partial charge in [0.1, 0.15) is 5.75 Å². The predicted molar refractivity (Wildman–Crippen MR) is 91.6 cm³/mol. The van der Waals surface area contributed by atoms with Crippen LogP contribution < -0.4 is 10.1 Å². The molecule has 1 heterocycles. The summed E-state index contributed by atoms with van der Waals surface area (Å²) < 4.78 is 5.63. The molecule has 0 radical (unpaired) electrons. The standard InChI is InChI=1S/C19H15N3O2/c1-13(24-16-7-5-14(11-20)6-8-16)19(23)22-18-4-2-3-15-12-21-10-9-17(15)18/h2-10,12-13H,1H3,(H,22,23). The molecule has 0 bridgehead atoms. The van der Waals surface area contributed by atoms with Crippen LogP contribution in [-0.4, -0.2) is 17.0 Å². The average Bonchev–Trinajstić information content (AvgIpc) is 2.62. The van der Waals surface area contributed by atoms with Crippen molar-refractivity contribution in [3.63, 3.8) is 0 Å². The fourth-order valence-corrected chi connectivity index (χ4v) is 2.33. The van der Waals surface area contributed by atoms with E-state index in [1.54, 1.807) is 43.6 Å². The maximum Gasteiger partial charge on any atom is 0.265 e. The van der Waals surface area contributed by atoms with E-state index < -0.39 is 6.10 Å². The van der Waals surface area contributed by atoms with Crippen molar-refractivity contribution in [1.29, 1.82) is 5.26 Å². The van der Waals surface area contributed by atoms with Crippen molar-refractivity contribution in [1.82, 2.24) is 4.98 Å². The maximum atomic E-state index is 12.4. The normalized spacial score (nSPS) is 11.5. The fourth-order valence-electron chi connectivity index (χ4n) is 2.33. The molecule has 0 saturated heterocycles. The molecule has 0 aliphatic heterocycles. The molecule has 3 rings (SSSR count). The smallest absolute Gasteiger partial charge is 0.265 e. The van der Waals surface area contributed by atoms with E-state index >= 15 is 0 Å². The molecule has 1 amide bonds. The molecular formula is C19H15N3O2. The summed E-state index contributed by atoms with van der Waals surface area (Å²) >= 11 is 0. The summed E-state index contributed by atoms with van der Waals surface area (Å²) in [5.74, 6) is 0.294. The minimum absolute atomic E-state index is 0.247. The van der Waals surface area contributed by atoms with Crippen molar-refractivity contribution in [2.45, 2.75) is 13.0 Å². The first kappa shape index (κ1) is 15.5. The van der Waals surface area contributed by atoms with Gasteiger partial charge in [0.2, 0.25) is 0 Å². The maximum absolute atomic E-state index is 12.4. The minimum atomic E-state index is -0.671. The highest BCUT2D eigenvalue weighted by Gasteiger charge is 2.16. The van der Waals surface area contributed by atoms with E-state index in [0.29, 0.717) is 11.3 Å². The van der Waals surface area contributed by atoms with Gasteiger partial charge in [-0.1, -0.05) is 12.1 Å². The number of nitrogens with one attached hydrogen (secondary N) is 1. The van der Waals surface area contributed by atoms with Gasteiger partial charge in [-0.25, -0.2) is 0 Å². The van der Waals surface area contributed by atoms with Gasteiger partial charge in [-0.15, -0.1) is 0 Å². The number of pyridine rings is 1. The second-order valence-corrected chi connectivity index (χ2v) is 5.29. The van der Waals surface area contributed by atoms with Crippen molar-refractivity contribution in [2.75, 3.05) is 5.32 Å². The summed E-state index contributed by atoms with van der Waals surface area (Å²) in [6.45, 7) is 1.68. The Morgan fingerprint density at radius 1 is 1.21 bits per heavy atom. The van der Waals surface area contributed by atoms with Crippen molar-refractivity contribution in [3.05, 3.63) is 66.5 Å². The SMILES string of the molecule is CC(Oc1ccc(C#N)cc1)C(=O)Nc1cccc2cnccc12. The molecule has 118 valence electrons. The number of rotatable bonds is 4. The summed E-state index contributed by atoms with van der Waals surface area (Å²) in [6, 6.07) is 16.2. The van der Waals surface area contributed by atoms with Crippen LogP contribution in [0.1, 0.15) is 12.5 Å². The monoisotopic (exact) mass is 317 g/mol. The van der Waals surface area contributed by atoms with E-state index in [0.717, 1.165) is 16.5 Å². The van der Waals surface area contributed by atoms with Crippen LogP contribution in [0, 0.1) is 11.3 Å². The number of hydrogen-bond acceptors (Lipinski definition) is 4. The number of nitriles is 1. The molecule has 1 N–H and O–H groups in total. The lowest BCUT2D eigenvalue weighted by atomic mass is 10.1. The van der Waals surface area contributed by atoms with Gasteiger partial charge < -0.3 is 10.1 Å². The van der Waals surface area contributed by atoms with Gasteiger partial charge in [0.15, 0.2) is 6.10 Å². The lowest BCUT2D eigenvalue weighted by Gasteiger charge is -2.15. The molecule has 24 heavy (non-hydrogen) atoms. The van der Waals surface area contributed by atoms with Gasteiger partial charge in [-0.2, -0.15) is 5.26 Å². The van der Waals surface area contributed by atoms with E-state index in [9.17, 15) is 4.79 Å². The van der Waals surface area contributed by atoms with Crippen LogP contribution in [0.4, 0.5) is 5.69 Å². The summed E-state index contributed by atoms with van der Waals surface area (Å²) in [7, 11) is 0. The van der Waals surface area contributed by atoms with Gasteiger partial charge >= 0.3 is 0 Å². The fraction of sp³-hybridized carbons (Fsp3) is 0.105. The van der Waals surface area contributed by atoms with Gasteiger partial charge in [-0.05, 0) is 43.3 Å². The van der Waals surface area contributed by atoms with Crippen molar-refractivity contribution >= 4 is 22.4 Å². The molecule has 0 aliphatic rings. The van der Waals surface area contributed by atoms with Gasteiger partial charge in [0.05, 0.1) is 11.6 Å². The largest absolute Gasteiger partial charge is 0.481 e. The van der Waals surface area contributed by atoms with Crippen LogP contribution in [-0.2, 0) is 4.79 Å². The predicted octanol–water partition coefficient (Wildman–Crippen LogP) is 3.51. The Balaban J connectivity index is 1.72. The molecule has 3 aromatic rings. The molecule has 0 spiro atoms. The molecule has 2 aromatic carbocycles. The van der Waals surface area contributed by atoms with E-state index in [4.69, 9.17) is 10.00 Å². The zero-order valence-electron chi connectivity index (χ0n) is 13.1. The summed E-state index contributed by atoms with van der Waals surface area (Å²) in [6.07, 6.45) is 2.77. The quantitative estimate of drug-likeness (QED) is 0.799. The number of fused-ring (bicyclic) bond motifs is 1. The first-order valence-corrected chi connectivity index (χ1v) is 7.48. The van der Waals surface area contributed by atoms with Crippen LogP contribution in [0.3, 0.4) is 0 Å². The number of benzene rings is 2. The van der Waals surface area contributed by atoms with Crippen LogP contribution in [0.25, 0.3) is 10.8 Å². The molecule has 5 heteroatoms. The average molecular weight is 317 g/mol. The molecule has 0 fully saturated rings. The van der Waals surface area contributed by atoms with Crippen molar-refractivity contribution < 1.29 is 9.53 Å². The number of amides is 1. The Labute approximate surface area is 139 Å². The third-order valence-electron chi connectivity index (χ3n) is 3.60. The van der Waals surface area contributed by atoms with Crippen LogP contribution in [0.15, 0.2) is 60.9 Å². The second-order valence-electron chi connectivity index (χ2n) is 5.29. The van der Waals surface area contributed by atoms with E-state index in [1.165, 1.54) is 0 Å². The molecular weight excluding hydrogens is 302 g/mol. The number of nitrogens with zero attached hydrogens (tertiary/aromatic N) is 2. The molecule has 5 nitrogen and oxygen atoms in total. The number of ether oxygens (including phenoxy) is 1. The Morgan fingerprint density at radius 3 is 2.75 bits per heavy atom. The Kier molecular flexibility index (Phi) is 4.39. The Hall–Kier alpha value is -3.39. The van der Waals surface area contributed by atoms with E-state index in [2.05, 4.69) is 10.3 Å². The third kappa shape index (κ3) is 3.33. The van der Waals surface area contributed by atoms with Crippen molar-refractivity contribution in [2.24, 2.45) is 0 Å². The zero-order valence-corrected chi connectivity index (χ0v) is 13.1. The summed E-state index contributed by atoms with van der Waals surface area (Å²) in [5, 5.41) is 13.6. The van der Waals surface area contributed by atoms with Crippen LogP contribution in [0.5, 0.6) is 5.75 Å². The number of carbonyl (C=O) groups excluding carboxylic acids is 1. The van der Waals surface area contributed by atoms with Crippen molar-refractivity contribution in [3.8, 4) is 11.8 Å². The first-order valence-electron chi connectivity index (χ1n) is 7.48. The molecule has 1 aromatic heterocycles. The number of anilines is 1. The summed E-state index contributed by atoms with van der Waals surface area (Å²) in [5.41, 5.74) is 1.26. The number of carbonyl (C=O) groups is 1. The van der Waals surface area contributed by atoms with E-state index in [1.807, 2.05) is 30.3 Å². The molecule has 0 aliphatic carbocycles. The molecule has 0 saturated carbocycles. The number of aromatic nitrogens is 1. The van der Waals surface area contributed by atoms with Crippen LogP contribution >= 0.6 is 0 Å². The third-order valence-corrected chi connectivity index (χ3v) is 3.60. The minimum Gasteiger partial charge on any atom is -0.481 e. The van der Waals surface area contributed by atoms with Crippen LogP contribution in [0.2, 0.25) is 0 Å². The molecule has 1 atom stereocenters. The lowest BCUT2D eigenvalue weighted by molar-refractivity contribution is -0.122. The van der Waals surface area contributed by atoms with E-state index in [-0.39, 0.29) is 5.91 Å². The van der Waals surface area contributed by atoms with Gasteiger partial charge in [0, 0.05) is 28.9 Å². The topological polar surface area (TPSA) is 75.0 Å². The Bertz CT molecular complexity index is 909. The van der Waals surface area contributed by atoms with Gasteiger partial charge in [0.25, 0.3) is 5.91 Å². The first-order chi connectivity index (χ1) is 11.7. The zero-order chi connectivity index (χ0) is 16.9. The highest BCUT2D eigenvalue weighted by Crippen LogP contribution is 2.22. The Morgan fingerprint density at radius 2 is 2.00 bits per heavy atom.